The third kappa shape index (κ3) is 1.78. The van der Waals surface area contributed by atoms with E-state index in [1.165, 1.54) is 12.8 Å². The zero-order valence-electron chi connectivity index (χ0n) is 8.85. The standard InChI is InChI=1S/C12H13N3O/c16-11-5-10-9(7-14-11)3-4-13-12(10)15-6-8-1-2-8/h3-5,7-8H,1-2,6H2,(H,13,15)(H,14,16). The third-order valence-corrected chi connectivity index (χ3v) is 2.89. The molecule has 2 aromatic rings. The SMILES string of the molecule is Oc1cc2c(NCC3CC3)nccc2cn1. The van der Waals surface area contributed by atoms with E-state index in [9.17, 15) is 5.11 Å². The largest absolute Gasteiger partial charge is 0.493 e. The van der Waals surface area contributed by atoms with Crippen LogP contribution in [0.5, 0.6) is 5.88 Å². The fourth-order valence-corrected chi connectivity index (χ4v) is 1.76. The number of hydrogen-bond donors (Lipinski definition) is 2. The molecule has 0 saturated heterocycles. The lowest BCUT2D eigenvalue weighted by atomic mass is 10.2. The zero-order valence-corrected chi connectivity index (χ0v) is 8.85. The van der Waals surface area contributed by atoms with Crippen LogP contribution in [0.3, 0.4) is 0 Å². The van der Waals surface area contributed by atoms with E-state index in [1.807, 2.05) is 6.07 Å². The molecule has 0 aromatic carbocycles. The average Bonchev–Trinajstić information content (AvgIpc) is 3.10. The van der Waals surface area contributed by atoms with Crippen LogP contribution in [0.25, 0.3) is 10.8 Å². The zero-order chi connectivity index (χ0) is 11.0. The number of hydrogen-bond acceptors (Lipinski definition) is 4. The predicted octanol–water partition coefficient (Wildman–Crippen LogP) is 2.16. The van der Waals surface area contributed by atoms with Crippen LogP contribution in [0.1, 0.15) is 12.8 Å². The van der Waals surface area contributed by atoms with Crippen molar-refractivity contribution in [1.29, 1.82) is 0 Å². The maximum Gasteiger partial charge on any atom is 0.211 e. The van der Waals surface area contributed by atoms with Crippen molar-refractivity contribution in [2.75, 3.05) is 11.9 Å². The maximum absolute atomic E-state index is 9.38. The Morgan fingerprint density at radius 2 is 2.25 bits per heavy atom. The van der Waals surface area contributed by atoms with Crippen molar-refractivity contribution in [1.82, 2.24) is 9.97 Å². The van der Waals surface area contributed by atoms with Crippen LogP contribution in [0.2, 0.25) is 0 Å². The summed E-state index contributed by atoms with van der Waals surface area (Å²) < 4.78 is 0. The summed E-state index contributed by atoms with van der Waals surface area (Å²) in [6.45, 7) is 0.967. The van der Waals surface area contributed by atoms with Gasteiger partial charge in [0.25, 0.3) is 0 Å². The summed E-state index contributed by atoms with van der Waals surface area (Å²) in [4.78, 5) is 8.15. The number of aromatic nitrogens is 2. The first-order valence-corrected chi connectivity index (χ1v) is 5.50. The van der Waals surface area contributed by atoms with E-state index in [0.29, 0.717) is 0 Å². The van der Waals surface area contributed by atoms with Crippen LogP contribution in [-0.2, 0) is 0 Å². The molecule has 3 rings (SSSR count). The topological polar surface area (TPSA) is 58.0 Å². The van der Waals surface area contributed by atoms with Crippen LogP contribution in [0.15, 0.2) is 24.5 Å². The molecule has 16 heavy (non-hydrogen) atoms. The normalized spacial score (nSPS) is 15.2. The van der Waals surface area contributed by atoms with Gasteiger partial charge < -0.3 is 10.4 Å². The van der Waals surface area contributed by atoms with Gasteiger partial charge in [-0.2, -0.15) is 0 Å². The van der Waals surface area contributed by atoms with Crippen molar-refractivity contribution >= 4 is 16.6 Å². The molecule has 2 N–H and O–H groups in total. The van der Waals surface area contributed by atoms with Gasteiger partial charge >= 0.3 is 0 Å². The Kier molecular flexibility index (Phi) is 2.13. The average molecular weight is 215 g/mol. The third-order valence-electron chi connectivity index (χ3n) is 2.89. The summed E-state index contributed by atoms with van der Waals surface area (Å²) in [6.07, 6.45) is 6.04. The van der Waals surface area contributed by atoms with E-state index in [-0.39, 0.29) is 5.88 Å². The summed E-state index contributed by atoms with van der Waals surface area (Å²) in [7, 11) is 0. The van der Waals surface area contributed by atoms with Crippen molar-refractivity contribution in [3.63, 3.8) is 0 Å². The van der Waals surface area contributed by atoms with E-state index in [2.05, 4.69) is 15.3 Å². The molecule has 82 valence electrons. The van der Waals surface area contributed by atoms with Gasteiger partial charge in [-0.3, -0.25) is 0 Å². The molecule has 0 unspecified atom stereocenters. The smallest absolute Gasteiger partial charge is 0.211 e. The van der Waals surface area contributed by atoms with Crippen LogP contribution < -0.4 is 5.32 Å². The first kappa shape index (κ1) is 9.39. The van der Waals surface area contributed by atoms with Gasteiger partial charge in [0.15, 0.2) is 0 Å². The molecule has 0 aliphatic heterocycles. The van der Waals surface area contributed by atoms with Crippen molar-refractivity contribution in [2.45, 2.75) is 12.8 Å². The van der Waals surface area contributed by atoms with Crippen molar-refractivity contribution in [3.8, 4) is 5.88 Å². The van der Waals surface area contributed by atoms with Crippen LogP contribution in [0.4, 0.5) is 5.82 Å². The Morgan fingerprint density at radius 1 is 1.38 bits per heavy atom. The molecule has 1 aliphatic rings. The lowest BCUT2D eigenvalue weighted by Gasteiger charge is -2.07. The van der Waals surface area contributed by atoms with Crippen LogP contribution in [0, 0.1) is 5.92 Å². The van der Waals surface area contributed by atoms with E-state index < -0.39 is 0 Å². The molecule has 0 spiro atoms. The molecule has 2 aromatic heterocycles. The minimum absolute atomic E-state index is 0.0370. The molecular weight excluding hydrogens is 202 g/mol. The van der Waals surface area contributed by atoms with Gasteiger partial charge in [-0.05, 0) is 24.8 Å². The van der Waals surface area contributed by atoms with E-state index in [1.54, 1.807) is 18.5 Å². The monoisotopic (exact) mass is 215 g/mol. The number of aromatic hydroxyl groups is 1. The van der Waals surface area contributed by atoms with Gasteiger partial charge in [0, 0.05) is 35.8 Å². The Hall–Kier alpha value is -1.84. The predicted molar refractivity (Wildman–Crippen MR) is 62.4 cm³/mol. The second-order valence-corrected chi connectivity index (χ2v) is 4.25. The highest BCUT2D eigenvalue weighted by Gasteiger charge is 2.21. The Balaban J connectivity index is 1.97. The minimum atomic E-state index is 0.0370. The summed E-state index contributed by atoms with van der Waals surface area (Å²) in [5.74, 6) is 1.67. The van der Waals surface area contributed by atoms with Crippen LogP contribution in [-0.4, -0.2) is 21.6 Å². The van der Waals surface area contributed by atoms with Crippen molar-refractivity contribution in [2.24, 2.45) is 5.92 Å². The molecular formula is C12H13N3O. The highest BCUT2D eigenvalue weighted by Crippen LogP contribution is 2.30. The van der Waals surface area contributed by atoms with E-state index in [4.69, 9.17) is 0 Å². The van der Waals surface area contributed by atoms with Gasteiger partial charge in [-0.1, -0.05) is 0 Å². The number of nitrogens with one attached hydrogen (secondary N) is 1. The highest BCUT2D eigenvalue weighted by atomic mass is 16.3. The van der Waals surface area contributed by atoms with E-state index in [0.717, 1.165) is 29.1 Å². The van der Waals surface area contributed by atoms with Crippen molar-refractivity contribution in [3.05, 3.63) is 24.5 Å². The quantitative estimate of drug-likeness (QED) is 0.823. The first-order valence-electron chi connectivity index (χ1n) is 5.50. The second kappa shape index (κ2) is 3.63. The summed E-state index contributed by atoms with van der Waals surface area (Å²) >= 11 is 0. The lowest BCUT2D eigenvalue weighted by molar-refractivity contribution is 0.454. The Bertz CT molecular complexity index is 523. The molecule has 0 amide bonds. The lowest BCUT2D eigenvalue weighted by Crippen LogP contribution is -2.05. The van der Waals surface area contributed by atoms with Gasteiger partial charge in [0.05, 0.1) is 0 Å². The molecule has 2 heterocycles. The molecule has 0 radical (unpaired) electrons. The maximum atomic E-state index is 9.38. The van der Waals surface area contributed by atoms with Gasteiger partial charge in [0.1, 0.15) is 5.82 Å². The number of anilines is 1. The Labute approximate surface area is 93.4 Å². The van der Waals surface area contributed by atoms with Gasteiger partial charge in [0.2, 0.25) is 5.88 Å². The molecule has 4 nitrogen and oxygen atoms in total. The Morgan fingerprint density at radius 3 is 3.06 bits per heavy atom. The number of rotatable bonds is 3. The first-order chi connectivity index (χ1) is 7.83. The number of pyridine rings is 2. The summed E-state index contributed by atoms with van der Waals surface area (Å²) in [5.41, 5.74) is 0. The molecule has 0 bridgehead atoms. The minimum Gasteiger partial charge on any atom is -0.493 e. The number of nitrogens with zero attached hydrogens (tertiary/aromatic N) is 2. The number of fused-ring (bicyclic) bond motifs is 1. The van der Waals surface area contributed by atoms with Gasteiger partial charge in [-0.15, -0.1) is 0 Å². The fraction of sp³-hybridized carbons (Fsp3) is 0.333. The molecule has 1 aliphatic carbocycles. The van der Waals surface area contributed by atoms with Crippen molar-refractivity contribution < 1.29 is 5.11 Å². The second-order valence-electron chi connectivity index (χ2n) is 4.25. The molecule has 1 saturated carbocycles. The molecule has 4 heteroatoms. The van der Waals surface area contributed by atoms with E-state index >= 15 is 0 Å². The molecule has 1 fully saturated rings. The highest BCUT2D eigenvalue weighted by molar-refractivity contribution is 5.91. The van der Waals surface area contributed by atoms with Gasteiger partial charge in [-0.25, -0.2) is 9.97 Å². The summed E-state index contributed by atoms with van der Waals surface area (Å²) in [6, 6.07) is 3.54. The van der Waals surface area contributed by atoms with Crippen LogP contribution >= 0.6 is 0 Å². The fourth-order valence-electron chi connectivity index (χ4n) is 1.76. The molecule has 0 atom stereocenters. The summed E-state index contributed by atoms with van der Waals surface area (Å²) in [5, 5.41) is 14.6.